The van der Waals surface area contributed by atoms with Gasteiger partial charge in [0.05, 0.1) is 13.0 Å². The molecule has 0 saturated carbocycles. The van der Waals surface area contributed by atoms with Crippen molar-refractivity contribution in [3.05, 3.63) is 35.9 Å². The number of carbonyl (C=O) groups excluding carboxylic acids is 1. The minimum atomic E-state index is -0.564. The van der Waals surface area contributed by atoms with Crippen LogP contribution in [0.15, 0.2) is 30.3 Å². The SMILES string of the molecule is CO[C@@H]1CC(=O)[C@H]2O[C@H](c3ccccc3)OC[C@H]2O1. The molecule has 0 radical (unpaired) electrons. The van der Waals surface area contributed by atoms with Crippen molar-refractivity contribution in [1.29, 1.82) is 0 Å². The van der Waals surface area contributed by atoms with Gasteiger partial charge in [-0.2, -0.15) is 0 Å². The normalized spacial score (nSPS) is 34.9. The van der Waals surface area contributed by atoms with Gasteiger partial charge in [0.1, 0.15) is 12.2 Å². The van der Waals surface area contributed by atoms with Crippen molar-refractivity contribution in [3.63, 3.8) is 0 Å². The standard InChI is InChI=1S/C14H16O5/c1-16-12-7-10(15)13-11(18-12)8-17-14(19-13)9-5-3-2-4-6-9/h2-6,11-14H,7-8H2,1H3/t11-,12+,13-,14-/m1/s1. The van der Waals surface area contributed by atoms with Gasteiger partial charge in [-0.05, 0) is 0 Å². The number of hydrogen-bond acceptors (Lipinski definition) is 5. The Morgan fingerprint density at radius 1 is 1.21 bits per heavy atom. The number of methoxy groups -OCH3 is 1. The Kier molecular flexibility index (Phi) is 3.61. The van der Waals surface area contributed by atoms with E-state index in [4.69, 9.17) is 18.9 Å². The molecule has 0 aromatic heterocycles. The molecule has 0 aliphatic carbocycles. The summed E-state index contributed by atoms with van der Waals surface area (Å²) in [6.45, 7) is 0.329. The van der Waals surface area contributed by atoms with E-state index in [9.17, 15) is 4.79 Å². The van der Waals surface area contributed by atoms with E-state index in [1.165, 1.54) is 7.11 Å². The lowest BCUT2D eigenvalue weighted by atomic mass is 10.0. The molecule has 0 bridgehead atoms. The van der Waals surface area contributed by atoms with E-state index in [-0.39, 0.29) is 18.3 Å². The first-order chi connectivity index (χ1) is 9.28. The predicted octanol–water partition coefficient (Wildman–Crippen LogP) is 1.43. The highest BCUT2D eigenvalue weighted by molar-refractivity contribution is 5.84. The summed E-state index contributed by atoms with van der Waals surface area (Å²) in [5.41, 5.74) is 0.905. The van der Waals surface area contributed by atoms with Crippen LogP contribution in [0.4, 0.5) is 0 Å². The Morgan fingerprint density at radius 3 is 2.74 bits per heavy atom. The van der Waals surface area contributed by atoms with Crippen LogP contribution in [0.1, 0.15) is 18.3 Å². The lowest BCUT2D eigenvalue weighted by molar-refractivity contribution is -0.298. The molecule has 2 aliphatic heterocycles. The molecule has 19 heavy (non-hydrogen) atoms. The Balaban J connectivity index is 1.72. The highest BCUT2D eigenvalue weighted by Crippen LogP contribution is 2.31. The predicted molar refractivity (Wildman–Crippen MR) is 65.3 cm³/mol. The number of rotatable bonds is 2. The fourth-order valence-electron chi connectivity index (χ4n) is 2.37. The van der Waals surface area contributed by atoms with Crippen molar-refractivity contribution < 1.29 is 23.7 Å². The lowest BCUT2D eigenvalue weighted by Gasteiger charge is -2.40. The van der Waals surface area contributed by atoms with Crippen molar-refractivity contribution in [2.75, 3.05) is 13.7 Å². The summed E-state index contributed by atoms with van der Waals surface area (Å²) in [5.74, 6) is 0.00679. The summed E-state index contributed by atoms with van der Waals surface area (Å²) in [7, 11) is 1.52. The second-order valence-electron chi connectivity index (χ2n) is 4.64. The number of benzene rings is 1. The molecule has 4 atom stereocenters. The van der Waals surface area contributed by atoms with Crippen LogP contribution >= 0.6 is 0 Å². The molecule has 0 amide bonds. The Hall–Kier alpha value is -1.27. The van der Waals surface area contributed by atoms with Gasteiger partial charge in [0, 0.05) is 12.7 Å². The largest absolute Gasteiger partial charge is 0.355 e. The fraction of sp³-hybridized carbons (Fsp3) is 0.500. The van der Waals surface area contributed by atoms with Crippen molar-refractivity contribution >= 4 is 5.78 Å². The van der Waals surface area contributed by atoms with Gasteiger partial charge in [-0.1, -0.05) is 30.3 Å². The number of Topliss-reactive ketones (excluding diaryl/α,β-unsaturated/α-hetero) is 1. The van der Waals surface area contributed by atoms with Crippen LogP contribution in [0.2, 0.25) is 0 Å². The number of carbonyl (C=O) groups is 1. The van der Waals surface area contributed by atoms with E-state index in [1.54, 1.807) is 0 Å². The number of ketones is 1. The van der Waals surface area contributed by atoms with Gasteiger partial charge in [0.25, 0.3) is 0 Å². The number of hydrogen-bond donors (Lipinski definition) is 0. The van der Waals surface area contributed by atoms with Crippen molar-refractivity contribution in [1.82, 2.24) is 0 Å². The minimum absolute atomic E-state index is 0.00679. The summed E-state index contributed by atoms with van der Waals surface area (Å²) in [4.78, 5) is 12.0. The van der Waals surface area contributed by atoms with Gasteiger partial charge in [-0.25, -0.2) is 0 Å². The summed E-state index contributed by atoms with van der Waals surface area (Å²) in [6, 6.07) is 9.57. The Bertz CT molecular complexity index is 446. The van der Waals surface area contributed by atoms with E-state index < -0.39 is 18.7 Å². The van der Waals surface area contributed by atoms with Crippen LogP contribution in [-0.2, 0) is 23.7 Å². The molecule has 1 aromatic carbocycles. The zero-order valence-electron chi connectivity index (χ0n) is 10.7. The first-order valence-electron chi connectivity index (χ1n) is 6.31. The van der Waals surface area contributed by atoms with Crippen LogP contribution in [-0.4, -0.2) is 38.0 Å². The molecule has 0 N–H and O–H groups in total. The van der Waals surface area contributed by atoms with Crippen molar-refractivity contribution in [3.8, 4) is 0 Å². The van der Waals surface area contributed by atoms with Gasteiger partial charge in [0.2, 0.25) is 0 Å². The van der Waals surface area contributed by atoms with Crippen molar-refractivity contribution in [2.24, 2.45) is 0 Å². The fourth-order valence-corrected chi connectivity index (χ4v) is 2.37. The van der Waals surface area contributed by atoms with E-state index in [0.29, 0.717) is 6.61 Å². The first kappa shape index (κ1) is 12.7. The second-order valence-corrected chi connectivity index (χ2v) is 4.64. The smallest absolute Gasteiger partial charge is 0.184 e. The monoisotopic (exact) mass is 264 g/mol. The quantitative estimate of drug-likeness (QED) is 0.809. The van der Waals surface area contributed by atoms with Crippen molar-refractivity contribution in [2.45, 2.75) is 31.2 Å². The Labute approximate surface area is 111 Å². The van der Waals surface area contributed by atoms with Gasteiger partial charge < -0.3 is 18.9 Å². The molecule has 0 unspecified atom stereocenters. The summed E-state index contributed by atoms with van der Waals surface area (Å²) < 4.78 is 22.0. The summed E-state index contributed by atoms with van der Waals surface area (Å²) >= 11 is 0. The molecule has 2 fully saturated rings. The third kappa shape index (κ3) is 2.55. The minimum Gasteiger partial charge on any atom is -0.355 e. The molecule has 2 saturated heterocycles. The summed E-state index contributed by atoms with van der Waals surface area (Å²) in [5, 5.41) is 0. The summed E-state index contributed by atoms with van der Waals surface area (Å²) in [6.07, 6.45) is -1.72. The Morgan fingerprint density at radius 2 is 2.00 bits per heavy atom. The molecule has 5 heteroatoms. The van der Waals surface area contributed by atoms with Crippen LogP contribution in [0.3, 0.4) is 0 Å². The molecule has 3 rings (SSSR count). The molecule has 0 spiro atoms. The van der Waals surface area contributed by atoms with E-state index >= 15 is 0 Å². The molecule has 102 valence electrons. The highest BCUT2D eigenvalue weighted by atomic mass is 16.7. The highest BCUT2D eigenvalue weighted by Gasteiger charge is 2.43. The van der Waals surface area contributed by atoms with Crippen LogP contribution in [0.25, 0.3) is 0 Å². The van der Waals surface area contributed by atoms with Gasteiger partial charge >= 0.3 is 0 Å². The van der Waals surface area contributed by atoms with Gasteiger partial charge in [-0.3, -0.25) is 4.79 Å². The number of fused-ring (bicyclic) bond motifs is 1. The molecular formula is C14H16O5. The third-order valence-electron chi connectivity index (χ3n) is 3.37. The van der Waals surface area contributed by atoms with Crippen LogP contribution < -0.4 is 0 Å². The van der Waals surface area contributed by atoms with Crippen LogP contribution in [0.5, 0.6) is 0 Å². The average Bonchev–Trinajstić information content (AvgIpc) is 2.47. The number of ether oxygens (including phenoxy) is 4. The zero-order chi connectivity index (χ0) is 13.2. The maximum absolute atomic E-state index is 12.0. The van der Waals surface area contributed by atoms with E-state index in [1.807, 2.05) is 30.3 Å². The first-order valence-corrected chi connectivity index (χ1v) is 6.31. The second kappa shape index (κ2) is 5.38. The zero-order valence-corrected chi connectivity index (χ0v) is 10.7. The molecule has 2 aliphatic rings. The van der Waals surface area contributed by atoms with Gasteiger partial charge in [-0.15, -0.1) is 0 Å². The average molecular weight is 264 g/mol. The van der Waals surface area contributed by atoms with E-state index in [0.717, 1.165) is 5.56 Å². The van der Waals surface area contributed by atoms with Crippen LogP contribution in [0, 0.1) is 0 Å². The molecule has 5 nitrogen and oxygen atoms in total. The molecular weight excluding hydrogens is 248 g/mol. The van der Waals surface area contributed by atoms with Gasteiger partial charge in [0.15, 0.2) is 18.4 Å². The molecule has 2 heterocycles. The maximum Gasteiger partial charge on any atom is 0.184 e. The molecule has 1 aromatic rings. The topological polar surface area (TPSA) is 54.0 Å². The van der Waals surface area contributed by atoms with E-state index in [2.05, 4.69) is 0 Å². The lowest BCUT2D eigenvalue weighted by Crippen LogP contribution is -2.53. The maximum atomic E-state index is 12.0. The third-order valence-corrected chi connectivity index (χ3v) is 3.37.